The Hall–Kier alpha value is -0.830. The van der Waals surface area contributed by atoms with Crippen LogP contribution in [-0.4, -0.2) is 18.4 Å². The van der Waals surface area contributed by atoms with Gasteiger partial charge in [-0.15, -0.1) is 0 Å². The summed E-state index contributed by atoms with van der Waals surface area (Å²) in [6, 6.07) is 0. The molecule has 0 atom stereocenters. The van der Waals surface area contributed by atoms with E-state index in [1.165, 1.54) is 6.92 Å². The normalized spacial score (nSPS) is 11.3. The van der Waals surface area contributed by atoms with E-state index in [0.29, 0.717) is 19.4 Å². The molecule has 0 aromatic rings. The highest BCUT2D eigenvalue weighted by Crippen LogP contribution is 2.13. The maximum atomic E-state index is 10.7. The Labute approximate surface area is 102 Å². The third-order valence-corrected chi connectivity index (χ3v) is 2.32. The van der Waals surface area contributed by atoms with Crippen LogP contribution in [0.5, 0.6) is 0 Å². The predicted molar refractivity (Wildman–Crippen MR) is 64.3 cm³/mol. The minimum Gasteiger partial charge on any atom is -0.466 e. The topological polar surface area (TPSA) is 43.4 Å². The largest absolute Gasteiger partial charge is 0.466 e. The maximum Gasteiger partial charge on any atom is 0.302 e. The minimum absolute atomic E-state index is 0.176. The van der Waals surface area contributed by atoms with E-state index in [2.05, 4.69) is 0 Å². The van der Waals surface area contributed by atoms with Crippen molar-refractivity contribution in [2.45, 2.75) is 46.0 Å². The Balaban J connectivity index is 3.45. The number of hydrogen-bond donors (Lipinski definition) is 0. The number of carbonyl (C=O) groups is 2. The average molecular weight is 247 g/mol. The predicted octanol–water partition coefficient (Wildman–Crippen LogP) is 3.21. The SMILES string of the molecule is CC(=O)CC/C=C(/Cl)CCCCOC(C)=O. The second-order valence-corrected chi connectivity index (χ2v) is 4.17. The second kappa shape index (κ2) is 9.40. The van der Waals surface area contributed by atoms with Crippen LogP contribution < -0.4 is 0 Å². The molecule has 0 aliphatic carbocycles. The summed E-state index contributed by atoms with van der Waals surface area (Å²) in [5.41, 5.74) is 0. The van der Waals surface area contributed by atoms with Crippen LogP contribution >= 0.6 is 11.6 Å². The van der Waals surface area contributed by atoms with Crippen molar-refractivity contribution in [2.24, 2.45) is 0 Å². The van der Waals surface area contributed by atoms with Gasteiger partial charge < -0.3 is 9.53 Å². The van der Waals surface area contributed by atoms with Crippen molar-refractivity contribution in [3.63, 3.8) is 0 Å². The van der Waals surface area contributed by atoms with Gasteiger partial charge in [-0.1, -0.05) is 17.7 Å². The molecule has 0 N–H and O–H groups in total. The Morgan fingerprint density at radius 1 is 1.19 bits per heavy atom. The fourth-order valence-corrected chi connectivity index (χ4v) is 1.39. The number of hydrogen-bond acceptors (Lipinski definition) is 3. The van der Waals surface area contributed by atoms with Crippen molar-refractivity contribution in [2.75, 3.05) is 6.61 Å². The number of ketones is 1. The fourth-order valence-electron chi connectivity index (χ4n) is 1.15. The van der Waals surface area contributed by atoms with Crippen molar-refractivity contribution >= 4 is 23.4 Å². The van der Waals surface area contributed by atoms with E-state index in [9.17, 15) is 9.59 Å². The molecule has 4 heteroatoms. The third kappa shape index (κ3) is 11.2. The highest BCUT2D eigenvalue weighted by Gasteiger charge is 1.97. The highest BCUT2D eigenvalue weighted by molar-refractivity contribution is 6.29. The molecule has 0 saturated carbocycles. The van der Waals surface area contributed by atoms with Crippen molar-refractivity contribution < 1.29 is 14.3 Å². The van der Waals surface area contributed by atoms with Crippen LogP contribution in [0.4, 0.5) is 0 Å². The quantitative estimate of drug-likeness (QED) is 0.488. The second-order valence-electron chi connectivity index (χ2n) is 3.69. The monoisotopic (exact) mass is 246 g/mol. The molecule has 0 spiro atoms. The molecule has 0 radical (unpaired) electrons. The van der Waals surface area contributed by atoms with E-state index in [1.54, 1.807) is 6.92 Å². The first kappa shape index (κ1) is 15.2. The van der Waals surface area contributed by atoms with Gasteiger partial charge in [0.15, 0.2) is 0 Å². The van der Waals surface area contributed by atoms with Gasteiger partial charge in [0, 0.05) is 18.4 Å². The lowest BCUT2D eigenvalue weighted by Gasteiger charge is -2.01. The van der Waals surface area contributed by atoms with Crippen LogP contribution in [-0.2, 0) is 14.3 Å². The van der Waals surface area contributed by atoms with E-state index < -0.39 is 0 Å². The zero-order valence-electron chi connectivity index (χ0n) is 9.92. The Morgan fingerprint density at radius 3 is 2.44 bits per heavy atom. The lowest BCUT2D eigenvalue weighted by atomic mass is 10.2. The number of halogens is 1. The smallest absolute Gasteiger partial charge is 0.302 e. The summed E-state index contributed by atoms with van der Waals surface area (Å²) in [4.78, 5) is 21.1. The summed E-state index contributed by atoms with van der Waals surface area (Å²) in [7, 11) is 0. The van der Waals surface area contributed by atoms with Crippen LogP contribution in [0.3, 0.4) is 0 Å². The summed E-state index contributed by atoms with van der Waals surface area (Å²) in [6.45, 7) is 3.42. The molecular weight excluding hydrogens is 228 g/mol. The number of esters is 1. The lowest BCUT2D eigenvalue weighted by Crippen LogP contribution is -2.00. The van der Waals surface area contributed by atoms with Gasteiger partial charge in [0.05, 0.1) is 6.61 Å². The van der Waals surface area contributed by atoms with Crippen molar-refractivity contribution in [3.05, 3.63) is 11.1 Å². The molecule has 0 rings (SSSR count). The molecule has 16 heavy (non-hydrogen) atoms. The molecule has 3 nitrogen and oxygen atoms in total. The molecule has 0 bridgehead atoms. The van der Waals surface area contributed by atoms with Gasteiger partial charge in [-0.3, -0.25) is 4.79 Å². The Bertz CT molecular complexity index is 259. The first-order chi connectivity index (χ1) is 7.52. The van der Waals surface area contributed by atoms with Gasteiger partial charge in [-0.25, -0.2) is 0 Å². The number of rotatable bonds is 8. The molecule has 0 heterocycles. The van der Waals surface area contributed by atoms with Crippen molar-refractivity contribution in [1.29, 1.82) is 0 Å². The first-order valence-electron chi connectivity index (χ1n) is 5.49. The number of allylic oxidation sites excluding steroid dienone is 2. The average Bonchev–Trinajstić information content (AvgIpc) is 2.16. The van der Waals surface area contributed by atoms with Crippen LogP contribution in [0.25, 0.3) is 0 Å². The first-order valence-corrected chi connectivity index (χ1v) is 5.87. The van der Waals surface area contributed by atoms with Gasteiger partial charge >= 0.3 is 5.97 Å². The molecule has 0 amide bonds. The maximum absolute atomic E-state index is 10.7. The Kier molecular flexibility index (Phi) is 8.91. The zero-order chi connectivity index (χ0) is 12.4. The third-order valence-electron chi connectivity index (χ3n) is 1.98. The van der Waals surface area contributed by atoms with Crippen molar-refractivity contribution in [1.82, 2.24) is 0 Å². The van der Waals surface area contributed by atoms with Gasteiger partial charge in [0.2, 0.25) is 0 Å². The zero-order valence-corrected chi connectivity index (χ0v) is 10.7. The number of Topliss-reactive ketones (excluding diaryl/α,β-unsaturated/α-hetero) is 1. The van der Waals surface area contributed by atoms with Crippen LogP contribution in [0.2, 0.25) is 0 Å². The minimum atomic E-state index is -0.247. The number of unbranched alkanes of at least 4 members (excludes halogenated alkanes) is 1. The van der Waals surface area contributed by atoms with E-state index >= 15 is 0 Å². The molecule has 92 valence electrons. The number of ether oxygens (including phenoxy) is 1. The summed E-state index contributed by atoms with van der Waals surface area (Å²) in [5.74, 6) is -0.0707. The molecule has 0 unspecified atom stereocenters. The van der Waals surface area contributed by atoms with Crippen LogP contribution in [0.1, 0.15) is 46.0 Å². The number of carbonyl (C=O) groups excluding carboxylic acids is 2. The van der Waals surface area contributed by atoms with Crippen LogP contribution in [0, 0.1) is 0 Å². The van der Waals surface area contributed by atoms with E-state index in [-0.39, 0.29) is 11.8 Å². The van der Waals surface area contributed by atoms with Gasteiger partial charge in [-0.05, 0) is 32.6 Å². The molecule has 0 saturated heterocycles. The van der Waals surface area contributed by atoms with Gasteiger partial charge in [0.1, 0.15) is 5.78 Å². The molecule has 0 aliphatic rings. The molecule has 0 aliphatic heterocycles. The fraction of sp³-hybridized carbons (Fsp3) is 0.667. The van der Waals surface area contributed by atoms with E-state index in [4.69, 9.17) is 16.3 Å². The summed E-state index contributed by atoms with van der Waals surface area (Å²) in [6.07, 6.45) is 5.62. The summed E-state index contributed by atoms with van der Waals surface area (Å²) >= 11 is 5.95. The lowest BCUT2D eigenvalue weighted by molar-refractivity contribution is -0.141. The highest BCUT2D eigenvalue weighted by atomic mass is 35.5. The van der Waals surface area contributed by atoms with E-state index in [1.807, 2.05) is 6.08 Å². The van der Waals surface area contributed by atoms with E-state index in [0.717, 1.165) is 24.3 Å². The summed E-state index contributed by atoms with van der Waals surface area (Å²) < 4.78 is 4.79. The summed E-state index contributed by atoms with van der Waals surface area (Å²) in [5, 5.41) is 0.782. The van der Waals surface area contributed by atoms with Gasteiger partial charge in [-0.2, -0.15) is 0 Å². The van der Waals surface area contributed by atoms with Crippen molar-refractivity contribution in [3.8, 4) is 0 Å². The van der Waals surface area contributed by atoms with Crippen LogP contribution in [0.15, 0.2) is 11.1 Å². The molecule has 0 fully saturated rings. The molecule has 0 aromatic carbocycles. The molecular formula is C12H19ClO3. The Morgan fingerprint density at radius 2 is 1.88 bits per heavy atom. The van der Waals surface area contributed by atoms with Gasteiger partial charge in [0.25, 0.3) is 0 Å². The standard InChI is InChI=1S/C12H19ClO3/c1-10(14)6-5-8-12(13)7-3-4-9-16-11(2)15/h8H,3-7,9H2,1-2H3/b12-8+. The molecule has 0 aromatic heterocycles.